The molecule has 0 aliphatic carbocycles. The van der Waals surface area contributed by atoms with Crippen LogP contribution in [-0.4, -0.2) is 18.6 Å². The molecule has 1 aromatic rings. The fraction of sp³-hybridized carbons (Fsp3) is 0.750. The van der Waals surface area contributed by atoms with Gasteiger partial charge in [-0.3, -0.25) is 0 Å². The molecule has 0 atom stereocenters. The molecule has 3 heteroatoms. The van der Waals surface area contributed by atoms with E-state index in [1.807, 2.05) is 11.8 Å². The van der Waals surface area contributed by atoms with Crippen LogP contribution in [0.3, 0.4) is 0 Å². The Morgan fingerprint density at radius 2 is 1.11 bits per heavy atom. The molecule has 0 radical (unpaired) electrons. The van der Waals surface area contributed by atoms with Crippen LogP contribution in [-0.2, 0) is 10.8 Å². The predicted octanol–water partition coefficient (Wildman–Crippen LogP) is 8.30. The number of thioether (sulfide) groups is 1. The van der Waals surface area contributed by atoms with E-state index in [2.05, 4.69) is 95.2 Å². The Balaban J connectivity index is 3.43. The molecule has 1 nitrogen and oxygen atoms in total. The van der Waals surface area contributed by atoms with Gasteiger partial charge in [0.05, 0.1) is 8.07 Å². The minimum atomic E-state index is -1.45. The zero-order valence-electron chi connectivity index (χ0n) is 19.9. The van der Waals surface area contributed by atoms with Crippen LogP contribution in [0.1, 0.15) is 94.2 Å². The summed E-state index contributed by atoms with van der Waals surface area (Å²) in [4.78, 5) is 1.32. The van der Waals surface area contributed by atoms with Crippen LogP contribution in [0.5, 0.6) is 5.75 Å². The topological polar surface area (TPSA) is 20.2 Å². The number of hydrogen-bond donors (Lipinski definition) is 1. The zero-order valence-corrected chi connectivity index (χ0v) is 21.8. The Bertz CT molecular complexity index is 576. The van der Waals surface area contributed by atoms with Crippen molar-refractivity contribution in [2.24, 2.45) is 0 Å². The highest BCUT2D eigenvalue weighted by molar-refractivity contribution is 8.01. The Morgan fingerprint density at radius 1 is 0.778 bits per heavy atom. The number of rotatable bonds is 6. The van der Waals surface area contributed by atoms with Gasteiger partial charge in [-0.05, 0) is 45.0 Å². The molecule has 27 heavy (non-hydrogen) atoms. The average Bonchev–Trinajstić information content (AvgIpc) is 2.45. The smallest absolute Gasteiger partial charge is 0.123 e. The summed E-state index contributed by atoms with van der Waals surface area (Å²) < 4.78 is 0. The van der Waals surface area contributed by atoms with Gasteiger partial charge < -0.3 is 5.11 Å². The minimum Gasteiger partial charge on any atom is -0.507 e. The van der Waals surface area contributed by atoms with E-state index in [1.54, 1.807) is 0 Å². The SMILES string of the molecule is CC(C)[Si](CSc1cc(C(C)(C)C)c(O)c(C(C)(C)C)c1)(C(C)C)C(C)C. The van der Waals surface area contributed by atoms with Crippen LogP contribution >= 0.6 is 11.8 Å². The van der Waals surface area contributed by atoms with Crippen LogP contribution in [0.15, 0.2) is 17.0 Å². The average molecular weight is 409 g/mol. The number of phenols is 1. The van der Waals surface area contributed by atoms with Gasteiger partial charge in [0, 0.05) is 16.0 Å². The number of aromatic hydroxyl groups is 1. The van der Waals surface area contributed by atoms with E-state index in [0.29, 0.717) is 5.75 Å². The van der Waals surface area contributed by atoms with Crippen molar-refractivity contribution in [2.75, 3.05) is 5.38 Å². The third-order valence-corrected chi connectivity index (χ3v) is 16.0. The highest BCUT2D eigenvalue weighted by atomic mass is 32.2. The molecule has 0 aliphatic rings. The molecule has 0 spiro atoms. The molecule has 0 fully saturated rings. The van der Waals surface area contributed by atoms with E-state index in [1.165, 1.54) is 10.3 Å². The van der Waals surface area contributed by atoms with Crippen LogP contribution in [0, 0.1) is 0 Å². The summed E-state index contributed by atoms with van der Waals surface area (Å²) in [6.07, 6.45) is 0. The highest BCUT2D eigenvalue weighted by Crippen LogP contribution is 2.46. The summed E-state index contributed by atoms with van der Waals surface area (Å²) >= 11 is 2.03. The van der Waals surface area contributed by atoms with E-state index in [4.69, 9.17) is 0 Å². The lowest BCUT2D eigenvalue weighted by Gasteiger charge is -2.43. The van der Waals surface area contributed by atoms with E-state index in [0.717, 1.165) is 27.8 Å². The van der Waals surface area contributed by atoms with E-state index in [-0.39, 0.29) is 10.8 Å². The molecule has 0 heterocycles. The standard InChI is InChI=1S/C24H44OSSi/c1-16(2)27(17(3)4,18(5)6)15-26-19-13-20(23(7,8)9)22(25)21(14-19)24(10,11)12/h13-14,16-18,25H,15H2,1-12H3. The fourth-order valence-electron chi connectivity index (χ4n) is 4.54. The van der Waals surface area contributed by atoms with Crippen molar-refractivity contribution in [3.63, 3.8) is 0 Å². The second-order valence-corrected chi connectivity index (χ2v) is 18.8. The second kappa shape index (κ2) is 8.53. The van der Waals surface area contributed by atoms with Gasteiger partial charge in [-0.2, -0.15) is 0 Å². The van der Waals surface area contributed by atoms with Gasteiger partial charge in [-0.1, -0.05) is 83.1 Å². The lowest BCUT2D eigenvalue weighted by Crippen LogP contribution is -2.47. The van der Waals surface area contributed by atoms with Crippen molar-refractivity contribution in [1.82, 2.24) is 0 Å². The fourth-order valence-corrected chi connectivity index (χ4v) is 14.6. The van der Waals surface area contributed by atoms with Gasteiger partial charge in [0.15, 0.2) is 0 Å². The minimum absolute atomic E-state index is 0.0662. The first kappa shape index (κ1) is 24.6. The summed E-state index contributed by atoms with van der Waals surface area (Å²) in [5.74, 6) is 0.486. The first-order chi connectivity index (χ1) is 12.0. The normalized spacial score (nSPS) is 13.9. The molecule has 0 saturated heterocycles. The van der Waals surface area contributed by atoms with Gasteiger partial charge in [-0.15, -0.1) is 11.8 Å². The second-order valence-electron chi connectivity index (χ2n) is 11.2. The third kappa shape index (κ3) is 5.35. The summed E-state index contributed by atoms with van der Waals surface area (Å²) in [5, 5.41) is 12.2. The molecule has 0 bridgehead atoms. The van der Waals surface area contributed by atoms with Crippen molar-refractivity contribution in [1.29, 1.82) is 0 Å². The Hall–Kier alpha value is -0.413. The molecule has 0 saturated carbocycles. The lowest BCUT2D eigenvalue weighted by molar-refractivity contribution is 0.422. The quantitative estimate of drug-likeness (QED) is 0.377. The zero-order chi connectivity index (χ0) is 21.4. The molecule has 0 amide bonds. The van der Waals surface area contributed by atoms with Gasteiger partial charge in [-0.25, -0.2) is 0 Å². The molecule has 1 rings (SSSR count). The Morgan fingerprint density at radius 3 is 1.37 bits per heavy atom. The summed E-state index contributed by atoms with van der Waals surface area (Å²) in [6.45, 7) is 27.8. The summed E-state index contributed by atoms with van der Waals surface area (Å²) in [6, 6.07) is 4.49. The van der Waals surface area contributed by atoms with E-state index in [9.17, 15) is 5.11 Å². The maximum Gasteiger partial charge on any atom is 0.123 e. The summed E-state index contributed by atoms with van der Waals surface area (Å²) in [5.41, 5.74) is 4.32. The van der Waals surface area contributed by atoms with Gasteiger partial charge >= 0.3 is 0 Å². The molecule has 1 aromatic carbocycles. The van der Waals surface area contributed by atoms with Gasteiger partial charge in [0.2, 0.25) is 0 Å². The van der Waals surface area contributed by atoms with Crippen molar-refractivity contribution in [2.45, 2.75) is 115 Å². The van der Waals surface area contributed by atoms with Crippen molar-refractivity contribution in [3.05, 3.63) is 23.3 Å². The molecular formula is C24H44OSSi. The largest absolute Gasteiger partial charge is 0.507 e. The predicted molar refractivity (Wildman–Crippen MR) is 127 cm³/mol. The molecule has 0 unspecified atom stereocenters. The molecular weight excluding hydrogens is 364 g/mol. The van der Waals surface area contributed by atoms with Crippen molar-refractivity contribution >= 4 is 19.8 Å². The third-order valence-electron chi connectivity index (χ3n) is 6.41. The first-order valence-electron chi connectivity index (χ1n) is 10.6. The van der Waals surface area contributed by atoms with Crippen molar-refractivity contribution < 1.29 is 5.11 Å². The van der Waals surface area contributed by atoms with E-state index < -0.39 is 8.07 Å². The van der Waals surface area contributed by atoms with Crippen LogP contribution < -0.4 is 0 Å². The first-order valence-corrected chi connectivity index (χ1v) is 14.0. The summed E-state index contributed by atoms with van der Waals surface area (Å²) in [7, 11) is -1.45. The maximum atomic E-state index is 11.0. The lowest BCUT2D eigenvalue weighted by atomic mass is 9.79. The van der Waals surface area contributed by atoms with Gasteiger partial charge in [0.1, 0.15) is 5.75 Å². The molecule has 0 aromatic heterocycles. The van der Waals surface area contributed by atoms with Crippen LogP contribution in [0.2, 0.25) is 16.6 Å². The highest BCUT2D eigenvalue weighted by Gasteiger charge is 2.42. The number of benzene rings is 1. The maximum absolute atomic E-state index is 11.0. The number of hydrogen-bond acceptors (Lipinski definition) is 2. The van der Waals surface area contributed by atoms with Crippen molar-refractivity contribution in [3.8, 4) is 5.75 Å². The molecule has 1 N–H and O–H groups in total. The Kier molecular flexibility index (Phi) is 7.78. The van der Waals surface area contributed by atoms with Gasteiger partial charge in [0.25, 0.3) is 0 Å². The molecule has 0 aliphatic heterocycles. The van der Waals surface area contributed by atoms with Crippen LogP contribution in [0.4, 0.5) is 0 Å². The number of phenolic OH excluding ortho intramolecular Hbond substituents is 1. The monoisotopic (exact) mass is 408 g/mol. The van der Waals surface area contributed by atoms with Crippen LogP contribution in [0.25, 0.3) is 0 Å². The molecule has 156 valence electrons. The van der Waals surface area contributed by atoms with E-state index >= 15 is 0 Å². The Labute approximate surface area is 174 Å².